The first-order chi connectivity index (χ1) is 9.27. The summed E-state index contributed by atoms with van der Waals surface area (Å²) in [5, 5.41) is 3.27. The molecule has 0 aliphatic heterocycles. The molecule has 0 fully saturated rings. The summed E-state index contributed by atoms with van der Waals surface area (Å²) in [6.07, 6.45) is 7.38. The third-order valence-electron chi connectivity index (χ3n) is 3.25. The summed E-state index contributed by atoms with van der Waals surface area (Å²) in [7, 11) is 0. The Labute approximate surface area is 115 Å². The fourth-order valence-electron chi connectivity index (χ4n) is 2.43. The standard InChI is InChI=1S/C16H21N3/c1-4-8-16-18-14-9-6-7-10-15(14)19(16)13(3)12-17-11-5-2/h2,6-7,9-10,13,17H,4,8,11-12H2,1,3H3. The monoisotopic (exact) mass is 255 g/mol. The second-order valence-corrected chi connectivity index (χ2v) is 4.82. The number of nitrogens with zero attached hydrogens (tertiary/aromatic N) is 2. The third-order valence-corrected chi connectivity index (χ3v) is 3.25. The Morgan fingerprint density at radius 3 is 2.95 bits per heavy atom. The lowest BCUT2D eigenvalue weighted by atomic mass is 10.2. The highest BCUT2D eigenvalue weighted by molar-refractivity contribution is 5.76. The zero-order chi connectivity index (χ0) is 13.7. The first kappa shape index (κ1) is 13.6. The van der Waals surface area contributed by atoms with Gasteiger partial charge in [-0.15, -0.1) is 6.42 Å². The molecule has 0 saturated carbocycles. The molecule has 1 N–H and O–H groups in total. The summed E-state index contributed by atoms with van der Waals surface area (Å²) in [5.74, 6) is 3.77. The molecule has 2 aromatic rings. The molecule has 0 bridgehead atoms. The van der Waals surface area contributed by atoms with Crippen LogP contribution in [0.2, 0.25) is 0 Å². The topological polar surface area (TPSA) is 29.9 Å². The normalized spacial score (nSPS) is 12.5. The van der Waals surface area contributed by atoms with Gasteiger partial charge in [-0.25, -0.2) is 4.98 Å². The SMILES string of the molecule is C#CCNCC(C)n1c(CCC)nc2ccccc21. The zero-order valence-corrected chi connectivity index (χ0v) is 11.7. The van der Waals surface area contributed by atoms with E-state index in [0.717, 1.165) is 24.9 Å². The quantitative estimate of drug-likeness (QED) is 0.635. The van der Waals surface area contributed by atoms with E-state index in [2.05, 4.69) is 47.9 Å². The van der Waals surface area contributed by atoms with Gasteiger partial charge in [0.15, 0.2) is 0 Å². The van der Waals surface area contributed by atoms with Gasteiger partial charge in [-0.3, -0.25) is 0 Å². The maximum absolute atomic E-state index is 5.27. The number of para-hydroxylation sites is 2. The molecule has 0 spiro atoms. The maximum Gasteiger partial charge on any atom is 0.110 e. The summed E-state index contributed by atoms with van der Waals surface area (Å²) < 4.78 is 2.34. The number of benzene rings is 1. The highest BCUT2D eigenvalue weighted by Gasteiger charge is 2.14. The predicted octanol–water partition coefficient (Wildman–Crippen LogP) is 2.77. The number of imidazole rings is 1. The smallest absolute Gasteiger partial charge is 0.110 e. The van der Waals surface area contributed by atoms with Crippen LogP contribution in [0.25, 0.3) is 11.0 Å². The van der Waals surface area contributed by atoms with Gasteiger partial charge in [0, 0.05) is 19.0 Å². The van der Waals surface area contributed by atoms with E-state index in [4.69, 9.17) is 11.4 Å². The number of hydrogen-bond donors (Lipinski definition) is 1. The van der Waals surface area contributed by atoms with Gasteiger partial charge in [0.1, 0.15) is 5.82 Å². The summed E-state index contributed by atoms with van der Waals surface area (Å²) >= 11 is 0. The van der Waals surface area contributed by atoms with Crippen molar-refractivity contribution >= 4 is 11.0 Å². The maximum atomic E-state index is 5.27. The second kappa shape index (κ2) is 6.40. The van der Waals surface area contributed by atoms with Crippen LogP contribution >= 0.6 is 0 Å². The van der Waals surface area contributed by atoms with Crippen molar-refractivity contribution in [2.75, 3.05) is 13.1 Å². The third kappa shape index (κ3) is 2.97. The van der Waals surface area contributed by atoms with Crippen LogP contribution in [0, 0.1) is 12.3 Å². The average Bonchev–Trinajstić information content (AvgIpc) is 2.77. The van der Waals surface area contributed by atoms with Gasteiger partial charge in [-0.05, 0) is 25.5 Å². The average molecular weight is 255 g/mol. The van der Waals surface area contributed by atoms with Gasteiger partial charge in [-0.2, -0.15) is 0 Å². The number of fused-ring (bicyclic) bond motifs is 1. The highest BCUT2D eigenvalue weighted by Crippen LogP contribution is 2.21. The van der Waals surface area contributed by atoms with Crippen molar-refractivity contribution in [3.63, 3.8) is 0 Å². The molecule has 1 atom stereocenters. The number of terminal acetylenes is 1. The Kier molecular flexibility index (Phi) is 4.59. The molecule has 1 aromatic heterocycles. The highest BCUT2D eigenvalue weighted by atomic mass is 15.1. The minimum atomic E-state index is 0.349. The van der Waals surface area contributed by atoms with Crippen molar-refractivity contribution in [3.8, 4) is 12.3 Å². The largest absolute Gasteiger partial charge is 0.324 e. The van der Waals surface area contributed by atoms with E-state index in [1.165, 1.54) is 11.3 Å². The summed E-state index contributed by atoms with van der Waals surface area (Å²) in [6.45, 7) is 5.86. The Bertz CT molecular complexity index is 577. The molecule has 1 aromatic carbocycles. The van der Waals surface area contributed by atoms with Gasteiger partial charge < -0.3 is 9.88 Å². The van der Waals surface area contributed by atoms with Crippen molar-refractivity contribution in [1.82, 2.24) is 14.9 Å². The van der Waals surface area contributed by atoms with Crippen LogP contribution in [-0.4, -0.2) is 22.6 Å². The first-order valence-corrected chi connectivity index (χ1v) is 6.88. The van der Waals surface area contributed by atoms with E-state index < -0.39 is 0 Å². The van der Waals surface area contributed by atoms with Crippen molar-refractivity contribution in [1.29, 1.82) is 0 Å². The van der Waals surface area contributed by atoms with Crippen LogP contribution in [0.4, 0.5) is 0 Å². The minimum Gasteiger partial charge on any atom is -0.324 e. The molecule has 1 heterocycles. The van der Waals surface area contributed by atoms with Crippen molar-refractivity contribution in [2.24, 2.45) is 0 Å². The molecule has 0 aliphatic carbocycles. The van der Waals surface area contributed by atoms with E-state index in [9.17, 15) is 0 Å². The Hall–Kier alpha value is -1.79. The van der Waals surface area contributed by atoms with Crippen LogP contribution in [0.15, 0.2) is 24.3 Å². The van der Waals surface area contributed by atoms with E-state index in [-0.39, 0.29) is 0 Å². The molecule has 3 heteroatoms. The number of aromatic nitrogens is 2. The number of rotatable bonds is 6. The van der Waals surface area contributed by atoms with Gasteiger partial charge in [-0.1, -0.05) is 25.0 Å². The van der Waals surface area contributed by atoms with Crippen LogP contribution in [0.1, 0.15) is 32.1 Å². The van der Waals surface area contributed by atoms with Crippen LogP contribution in [0.3, 0.4) is 0 Å². The molecular weight excluding hydrogens is 234 g/mol. The van der Waals surface area contributed by atoms with Crippen LogP contribution < -0.4 is 5.32 Å². The molecule has 2 rings (SSSR count). The fourth-order valence-corrected chi connectivity index (χ4v) is 2.43. The number of hydrogen-bond acceptors (Lipinski definition) is 2. The lowest BCUT2D eigenvalue weighted by Crippen LogP contribution is -2.24. The van der Waals surface area contributed by atoms with Gasteiger partial charge in [0.25, 0.3) is 0 Å². The molecule has 100 valence electrons. The lowest BCUT2D eigenvalue weighted by Gasteiger charge is -2.17. The summed E-state index contributed by atoms with van der Waals surface area (Å²) in [4.78, 5) is 4.75. The van der Waals surface area contributed by atoms with Gasteiger partial charge in [0.05, 0.1) is 17.6 Å². The summed E-state index contributed by atoms with van der Waals surface area (Å²) in [5.41, 5.74) is 2.29. The molecular formula is C16H21N3. The number of nitrogens with one attached hydrogen (secondary N) is 1. The van der Waals surface area contributed by atoms with Crippen molar-refractivity contribution in [2.45, 2.75) is 32.7 Å². The Balaban J connectivity index is 2.33. The molecule has 0 aliphatic rings. The minimum absolute atomic E-state index is 0.349. The molecule has 1 unspecified atom stereocenters. The van der Waals surface area contributed by atoms with Gasteiger partial charge >= 0.3 is 0 Å². The zero-order valence-electron chi connectivity index (χ0n) is 11.7. The predicted molar refractivity (Wildman–Crippen MR) is 80.1 cm³/mol. The van der Waals surface area contributed by atoms with E-state index in [1.807, 2.05) is 6.07 Å². The van der Waals surface area contributed by atoms with Gasteiger partial charge in [0.2, 0.25) is 0 Å². The molecule has 3 nitrogen and oxygen atoms in total. The Morgan fingerprint density at radius 1 is 1.42 bits per heavy atom. The van der Waals surface area contributed by atoms with Crippen molar-refractivity contribution in [3.05, 3.63) is 30.1 Å². The Morgan fingerprint density at radius 2 is 2.21 bits per heavy atom. The number of aryl methyl sites for hydroxylation is 1. The fraction of sp³-hybridized carbons (Fsp3) is 0.438. The molecule has 0 radical (unpaired) electrons. The molecule has 19 heavy (non-hydrogen) atoms. The van der Waals surface area contributed by atoms with Crippen LogP contribution in [-0.2, 0) is 6.42 Å². The summed E-state index contributed by atoms with van der Waals surface area (Å²) in [6, 6.07) is 8.67. The molecule has 0 amide bonds. The van der Waals surface area contributed by atoms with Crippen molar-refractivity contribution < 1.29 is 0 Å². The lowest BCUT2D eigenvalue weighted by molar-refractivity contribution is 0.501. The first-order valence-electron chi connectivity index (χ1n) is 6.88. The second-order valence-electron chi connectivity index (χ2n) is 4.82. The van der Waals surface area contributed by atoms with Crippen LogP contribution in [0.5, 0.6) is 0 Å². The molecule has 0 saturated heterocycles. The van der Waals surface area contributed by atoms with E-state index in [1.54, 1.807) is 0 Å². The van der Waals surface area contributed by atoms with E-state index >= 15 is 0 Å². The van der Waals surface area contributed by atoms with E-state index in [0.29, 0.717) is 12.6 Å².